The molecule has 0 aliphatic carbocycles. The van der Waals surface area contributed by atoms with E-state index in [2.05, 4.69) is 5.32 Å². The van der Waals surface area contributed by atoms with Gasteiger partial charge in [-0.25, -0.2) is 4.90 Å². The number of hydrogen-bond donors (Lipinski definition) is 1. The minimum atomic E-state index is -0.334. The van der Waals surface area contributed by atoms with E-state index in [0.717, 1.165) is 0 Å². The van der Waals surface area contributed by atoms with Gasteiger partial charge in [0.1, 0.15) is 0 Å². The van der Waals surface area contributed by atoms with Crippen molar-refractivity contribution in [1.82, 2.24) is 5.32 Å². The van der Waals surface area contributed by atoms with Gasteiger partial charge in [-0.2, -0.15) is 0 Å². The molecule has 0 unspecified atom stereocenters. The van der Waals surface area contributed by atoms with Crippen LogP contribution < -0.4 is 15.1 Å². The van der Waals surface area contributed by atoms with Crippen LogP contribution in [0.3, 0.4) is 0 Å². The molecule has 2 aliphatic rings. The van der Waals surface area contributed by atoms with E-state index in [1.54, 1.807) is 47.4 Å². The fraction of sp³-hybridized carbons (Fsp3) is 0.167. The van der Waals surface area contributed by atoms with Crippen LogP contribution in [0.4, 0.5) is 11.4 Å². The molecule has 0 radical (unpaired) electrons. The first-order chi connectivity index (χ1) is 11.7. The summed E-state index contributed by atoms with van der Waals surface area (Å²) in [6, 6.07) is 13.8. The molecule has 1 fully saturated rings. The molecular formula is C18H15N3O3. The van der Waals surface area contributed by atoms with Crippen molar-refractivity contribution >= 4 is 29.1 Å². The number of rotatable bonds is 2. The third kappa shape index (κ3) is 2.19. The maximum atomic E-state index is 12.6. The summed E-state index contributed by atoms with van der Waals surface area (Å²) in [6.45, 7) is 1.56. The highest BCUT2D eigenvalue weighted by molar-refractivity contribution is 6.34. The summed E-state index contributed by atoms with van der Waals surface area (Å²) in [5.41, 5.74) is 1.98. The van der Waals surface area contributed by atoms with E-state index in [0.29, 0.717) is 35.6 Å². The van der Waals surface area contributed by atoms with Crippen LogP contribution in [0, 0.1) is 0 Å². The van der Waals surface area contributed by atoms with Gasteiger partial charge in [0, 0.05) is 18.8 Å². The molecule has 1 N–H and O–H groups in total. The lowest BCUT2D eigenvalue weighted by atomic mass is 10.1. The van der Waals surface area contributed by atoms with E-state index >= 15 is 0 Å². The van der Waals surface area contributed by atoms with Gasteiger partial charge in [-0.15, -0.1) is 0 Å². The van der Waals surface area contributed by atoms with Gasteiger partial charge in [-0.3, -0.25) is 14.4 Å². The molecule has 0 atom stereocenters. The summed E-state index contributed by atoms with van der Waals surface area (Å²) in [5, 5.41) is 3.02. The number of piperazine rings is 1. The summed E-state index contributed by atoms with van der Waals surface area (Å²) in [4.78, 5) is 40.0. The monoisotopic (exact) mass is 321 g/mol. The van der Waals surface area contributed by atoms with Gasteiger partial charge >= 0.3 is 0 Å². The molecule has 6 nitrogen and oxygen atoms in total. The summed E-state index contributed by atoms with van der Waals surface area (Å²) in [6.07, 6.45) is 0. The molecule has 2 aliphatic heterocycles. The summed E-state index contributed by atoms with van der Waals surface area (Å²) < 4.78 is 0. The lowest BCUT2D eigenvalue weighted by molar-refractivity contribution is -0.118. The molecular weight excluding hydrogens is 306 g/mol. The molecule has 2 heterocycles. The molecule has 6 heteroatoms. The Kier molecular flexibility index (Phi) is 3.39. The zero-order valence-corrected chi connectivity index (χ0v) is 12.9. The number of imide groups is 1. The first kappa shape index (κ1) is 14.6. The summed E-state index contributed by atoms with van der Waals surface area (Å²) in [5.74, 6) is -0.695. The van der Waals surface area contributed by atoms with Gasteiger partial charge in [-0.1, -0.05) is 18.2 Å². The zero-order chi connectivity index (χ0) is 16.7. The van der Waals surface area contributed by atoms with Crippen molar-refractivity contribution in [1.29, 1.82) is 0 Å². The number of nitrogens with zero attached hydrogens (tertiary/aromatic N) is 2. The fourth-order valence-corrected chi connectivity index (χ4v) is 3.10. The average Bonchev–Trinajstić information content (AvgIpc) is 2.87. The van der Waals surface area contributed by atoms with Crippen LogP contribution in [-0.2, 0) is 4.79 Å². The van der Waals surface area contributed by atoms with E-state index < -0.39 is 0 Å². The Morgan fingerprint density at radius 2 is 1.50 bits per heavy atom. The number of carbonyl (C=O) groups is 3. The smallest absolute Gasteiger partial charge is 0.266 e. The van der Waals surface area contributed by atoms with Gasteiger partial charge in [0.2, 0.25) is 5.91 Å². The highest BCUT2D eigenvalue weighted by Gasteiger charge is 2.36. The number of amides is 3. The first-order valence-corrected chi connectivity index (χ1v) is 7.76. The standard InChI is InChI=1S/C18H15N3O3/c22-16-11-19-8-9-20(16)12-4-3-5-13(10-12)21-17(23)14-6-1-2-7-15(14)18(21)24/h1-7,10,19H,8-9,11H2. The normalized spacial score (nSPS) is 17.4. The summed E-state index contributed by atoms with van der Waals surface area (Å²) >= 11 is 0. The Balaban J connectivity index is 1.71. The van der Waals surface area contributed by atoms with Crippen LogP contribution in [0.1, 0.15) is 20.7 Å². The molecule has 3 amide bonds. The predicted octanol–water partition coefficient (Wildman–Crippen LogP) is 1.42. The Bertz CT molecular complexity index is 827. The number of fused-ring (bicyclic) bond motifs is 1. The van der Waals surface area contributed by atoms with Crippen LogP contribution >= 0.6 is 0 Å². The lowest BCUT2D eigenvalue weighted by Crippen LogP contribution is -2.48. The molecule has 0 bridgehead atoms. The molecule has 1 saturated heterocycles. The quantitative estimate of drug-likeness (QED) is 0.850. The first-order valence-electron chi connectivity index (χ1n) is 7.76. The maximum absolute atomic E-state index is 12.6. The Morgan fingerprint density at radius 1 is 0.833 bits per heavy atom. The fourth-order valence-electron chi connectivity index (χ4n) is 3.10. The van der Waals surface area contributed by atoms with Gasteiger partial charge in [0.05, 0.1) is 23.4 Å². The van der Waals surface area contributed by atoms with Crippen molar-refractivity contribution in [2.45, 2.75) is 0 Å². The second kappa shape index (κ2) is 5.58. The predicted molar refractivity (Wildman–Crippen MR) is 89.2 cm³/mol. The van der Waals surface area contributed by atoms with Crippen LogP contribution in [0.2, 0.25) is 0 Å². The Hall–Kier alpha value is -2.99. The number of anilines is 2. The number of nitrogens with one attached hydrogen (secondary N) is 1. The number of carbonyl (C=O) groups excluding carboxylic acids is 3. The summed E-state index contributed by atoms with van der Waals surface area (Å²) in [7, 11) is 0. The van der Waals surface area contributed by atoms with Crippen LogP contribution in [0.5, 0.6) is 0 Å². The van der Waals surface area contributed by atoms with E-state index in [9.17, 15) is 14.4 Å². The number of benzene rings is 2. The molecule has 2 aromatic rings. The van der Waals surface area contributed by atoms with Crippen LogP contribution in [0.25, 0.3) is 0 Å². The topological polar surface area (TPSA) is 69.7 Å². The average molecular weight is 321 g/mol. The van der Waals surface area contributed by atoms with E-state index in [1.165, 1.54) is 4.90 Å². The maximum Gasteiger partial charge on any atom is 0.266 e. The molecule has 2 aromatic carbocycles. The minimum Gasteiger partial charge on any atom is -0.310 e. The minimum absolute atomic E-state index is 0.0271. The van der Waals surface area contributed by atoms with Gasteiger partial charge in [0.15, 0.2) is 0 Å². The Morgan fingerprint density at radius 3 is 2.17 bits per heavy atom. The molecule has 24 heavy (non-hydrogen) atoms. The van der Waals surface area contributed by atoms with Crippen LogP contribution in [0.15, 0.2) is 48.5 Å². The van der Waals surface area contributed by atoms with Crippen LogP contribution in [-0.4, -0.2) is 37.4 Å². The van der Waals surface area contributed by atoms with Crippen molar-refractivity contribution < 1.29 is 14.4 Å². The SMILES string of the molecule is O=C1CNCCN1c1cccc(N2C(=O)c3ccccc3C2=O)c1. The van der Waals surface area contributed by atoms with Crippen molar-refractivity contribution in [2.24, 2.45) is 0 Å². The van der Waals surface area contributed by atoms with E-state index in [1.807, 2.05) is 6.07 Å². The van der Waals surface area contributed by atoms with Crippen molar-refractivity contribution in [3.8, 4) is 0 Å². The highest BCUT2D eigenvalue weighted by Crippen LogP contribution is 2.30. The third-order valence-electron chi connectivity index (χ3n) is 4.28. The highest BCUT2D eigenvalue weighted by atomic mass is 16.2. The molecule has 0 aromatic heterocycles. The molecule has 4 rings (SSSR count). The second-order valence-corrected chi connectivity index (χ2v) is 5.73. The van der Waals surface area contributed by atoms with Crippen molar-refractivity contribution in [2.75, 3.05) is 29.4 Å². The van der Waals surface area contributed by atoms with Crippen molar-refractivity contribution in [3.05, 3.63) is 59.7 Å². The van der Waals surface area contributed by atoms with Gasteiger partial charge in [0.25, 0.3) is 11.8 Å². The van der Waals surface area contributed by atoms with Crippen molar-refractivity contribution in [3.63, 3.8) is 0 Å². The zero-order valence-electron chi connectivity index (χ0n) is 12.9. The largest absolute Gasteiger partial charge is 0.310 e. The Labute approximate surface area is 138 Å². The van der Waals surface area contributed by atoms with Gasteiger partial charge < -0.3 is 10.2 Å². The molecule has 0 saturated carbocycles. The second-order valence-electron chi connectivity index (χ2n) is 5.73. The van der Waals surface area contributed by atoms with Gasteiger partial charge in [-0.05, 0) is 30.3 Å². The molecule has 120 valence electrons. The molecule has 0 spiro atoms. The lowest BCUT2D eigenvalue weighted by Gasteiger charge is -2.28. The van der Waals surface area contributed by atoms with E-state index in [4.69, 9.17) is 0 Å². The number of hydrogen-bond acceptors (Lipinski definition) is 4. The van der Waals surface area contributed by atoms with E-state index in [-0.39, 0.29) is 24.3 Å². The third-order valence-corrected chi connectivity index (χ3v) is 4.28.